The normalized spacial score (nSPS) is 11.1. The Balaban J connectivity index is 2.30. The molecule has 0 saturated heterocycles. The summed E-state index contributed by atoms with van der Waals surface area (Å²) in [5.74, 6) is 0.560. The summed E-state index contributed by atoms with van der Waals surface area (Å²) in [5.41, 5.74) is -1.86. The molecule has 0 spiro atoms. The summed E-state index contributed by atoms with van der Waals surface area (Å²) < 4.78 is 48.4. The lowest BCUT2D eigenvalue weighted by molar-refractivity contribution is -0.385. The molecule has 0 amide bonds. The molecular formula is C15H12F3NO4. The summed E-state index contributed by atoms with van der Waals surface area (Å²) in [7, 11) is 0. The second kappa shape index (κ2) is 6.55. The van der Waals surface area contributed by atoms with Crippen LogP contribution in [0, 0.1) is 10.1 Å². The minimum Gasteiger partial charge on any atom is -0.494 e. The fourth-order valence-corrected chi connectivity index (χ4v) is 1.82. The van der Waals surface area contributed by atoms with E-state index >= 15 is 0 Å². The van der Waals surface area contributed by atoms with Gasteiger partial charge in [0.25, 0.3) is 0 Å². The van der Waals surface area contributed by atoms with E-state index in [1.807, 2.05) is 6.92 Å². The van der Waals surface area contributed by atoms with Crippen molar-refractivity contribution >= 4 is 5.69 Å². The molecular weight excluding hydrogens is 315 g/mol. The van der Waals surface area contributed by atoms with Crippen molar-refractivity contribution < 1.29 is 27.6 Å². The van der Waals surface area contributed by atoms with Crippen LogP contribution in [0.4, 0.5) is 18.9 Å². The van der Waals surface area contributed by atoms with E-state index in [-0.39, 0.29) is 11.5 Å². The Hall–Kier alpha value is -2.77. The number of nitro benzene ring substituents is 1. The zero-order valence-corrected chi connectivity index (χ0v) is 12.0. The first kappa shape index (κ1) is 16.6. The summed E-state index contributed by atoms with van der Waals surface area (Å²) in [4.78, 5) is 10.1. The molecule has 8 heteroatoms. The maximum atomic E-state index is 12.6. The van der Waals surface area contributed by atoms with Gasteiger partial charge in [0.15, 0.2) is 0 Å². The third kappa shape index (κ3) is 4.12. The lowest BCUT2D eigenvalue weighted by Gasteiger charge is -2.10. The van der Waals surface area contributed by atoms with Gasteiger partial charge in [-0.2, -0.15) is 13.2 Å². The van der Waals surface area contributed by atoms with Gasteiger partial charge in [-0.25, -0.2) is 0 Å². The highest BCUT2D eigenvalue weighted by Crippen LogP contribution is 2.37. The number of ether oxygens (including phenoxy) is 2. The molecule has 0 N–H and O–H groups in total. The molecule has 0 aromatic heterocycles. The summed E-state index contributed by atoms with van der Waals surface area (Å²) >= 11 is 0. The number of alkyl halides is 3. The Morgan fingerprint density at radius 1 is 1.09 bits per heavy atom. The van der Waals surface area contributed by atoms with Crippen molar-refractivity contribution in [2.45, 2.75) is 13.1 Å². The zero-order valence-electron chi connectivity index (χ0n) is 12.0. The molecule has 2 aromatic carbocycles. The van der Waals surface area contributed by atoms with Gasteiger partial charge in [0.05, 0.1) is 17.1 Å². The highest BCUT2D eigenvalue weighted by molar-refractivity contribution is 5.51. The van der Waals surface area contributed by atoms with Gasteiger partial charge >= 0.3 is 11.9 Å². The molecule has 0 unspecified atom stereocenters. The number of nitrogens with zero attached hydrogens (tertiary/aromatic N) is 1. The van der Waals surface area contributed by atoms with Crippen molar-refractivity contribution in [2.24, 2.45) is 0 Å². The Bertz CT molecular complexity index is 699. The maximum Gasteiger partial charge on any atom is 0.416 e. The number of rotatable bonds is 5. The maximum absolute atomic E-state index is 12.6. The number of benzene rings is 2. The molecule has 0 bridgehead atoms. The SMILES string of the molecule is CCOc1ccc(Oc2ccc(C(F)(F)F)cc2[N+](=O)[O-])cc1. The predicted octanol–water partition coefficient (Wildman–Crippen LogP) is 4.80. The van der Waals surface area contributed by atoms with Crippen molar-refractivity contribution in [3.63, 3.8) is 0 Å². The van der Waals surface area contributed by atoms with E-state index < -0.39 is 22.4 Å². The van der Waals surface area contributed by atoms with Crippen molar-refractivity contribution in [1.29, 1.82) is 0 Å². The predicted molar refractivity (Wildman–Crippen MR) is 75.8 cm³/mol. The van der Waals surface area contributed by atoms with E-state index in [9.17, 15) is 23.3 Å². The van der Waals surface area contributed by atoms with E-state index in [1.165, 1.54) is 12.1 Å². The van der Waals surface area contributed by atoms with Crippen LogP contribution < -0.4 is 9.47 Å². The Morgan fingerprint density at radius 3 is 2.22 bits per heavy atom. The lowest BCUT2D eigenvalue weighted by Crippen LogP contribution is -2.06. The molecule has 0 heterocycles. The number of hydrogen-bond acceptors (Lipinski definition) is 4. The molecule has 5 nitrogen and oxygen atoms in total. The van der Waals surface area contributed by atoms with E-state index in [1.54, 1.807) is 12.1 Å². The minimum absolute atomic E-state index is 0.247. The van der Waals surface area contributed by atoms with Crippen LogP contribution in [-0.4, -0.2) is 11.5 Å². The molecule has 0 aliphatic rings. The average Bonchev–Trinajstić information content (AvgIpc) is 2.48. The van der Waals surface area contributed by atoms with Gasteiger partial charge in [-0.1, -0.05) is 0 Å². The van der Waals surface area contributed by atoms with Crippen molar-refractivity contribution in [1.82, 2.24) is 0 Å². The van der Waals surface area contributed by atoms with Crippen molar-refractivity contribution in [3.05, 3.63) is 58.1 Å². The topological polar surface area (TPSA) is 61.6 Å². The Labute approximate surface area is 129 Å². The van der Waals surface area contributed by atoms with E-state index in [2.05, 4.69) is 0 Å². The van der Waals surface area contributed by atoms with E-state index in [4.69, 9.17) is 9.47 Å². The summed E-state index contributed by atoms with van der Waals surface area (Å²) in [6.45, 7) is 2.29. The van der Waals surface area contributed by atoms with Crippen LogP contribution in [0.2, 0.25) is 0 Å². The fraction of sp³-hybridized carbons (Fsp3) is 0.200. The van der Waals surface area contributed by atoms with E-state index in [0.717, 1.165) is 12.1 Å². The standard InChI is InChI=1S/C15H12F3NO4/c1-2-22-11-4-6-12(7-5-11)23-14-8-3-10(15(16,17)18)9-13(14)19(20)21/h3-9H,2H2,1H3. The summed E-state index contributed by atoms with van der Waals surface area (Å²) in [5, 5.41) is 11.0. The quantitative estimate of drug-likeness (QED) is 0.584. The van der Waals surface area contributed by atoms with Gasteiger partial charge < -0.3 is 9.47 Å². The second-order valence-corrected chi connectivity index (χ2v) is 4.44. The number of halogens is 3. The molecule has 0 saturated carbocycles. The molecule has 0 aliphatic heterocycles. The van der Waals surface area contributed by atoms with Crippen molar-refractivity contribution in [3.8, 4) is 17.2 Å². The Kier molecular flexibility index (Phi) is 4.73. The van der Waals surface area contributed by atoms with Crippen LogP contribution in [0.25, 0.3) is 0 Å². The van der Waals surface area contributed by atoms with Crippen LogP contribution in [0.5, 0.6) is 17.2 Å². The molecule has 0 fully saturated rings. The fourth-order valence-electron chi connectivity index (χ4n) is 1.82. The first-order valence-electron chi connectivity index (χ1n) is 6.57. The van der Waals surface area contributed by atoms with E-state index in [0.29, 0.717) is 18.4 Å². The third-order valence-corrected chi connectivity index (χ3v) is 2.85. The number of hydrogen-bond donors (Lipinski definition) is 0. The smallest absolute Gasteiger partial charge is 0.416 e. The van der Waals surface area contributed by atoms with Gasteiger partial charge in [0, 0.05) is 6.07 Å². The highest BCUT2D eigenvalue weighted by Gasteiger charge is 2.33. The number of nitro groups is 1. The van der Waals surface area contributed by atoms with Gasteiger partial charge in [0.2, 0.25) is 5.75 Å². The molecule has 2 aromatic rings. The average molecular weight is 327 g/mol. The van der Waals surface area contributed by atoms with Crippen LogP contribution >= 0.6 is 0 Å². The lowest BCUT2D eigenvalue weighted by atomic mass is 10.2. The Morgan fingerprint density at radius 2 is 1.70 bits per heavy atom. The van der Waals surface area contributed by atoms with Crippen LogP contribution in [0.3, 0.4) is 0 Å². The molecule has 0 radical (unpaired) electrons. The molecule has 122 valence electrons. The van der Waals surface area contributed by atoms with Crippen LogP contribution in [-0.2, 0) is 6.18 Å². The largest absolute Gasteiger partial charge is 0.494 e. The molecule has 0 aliphatic carbocycles. The second-order valence-electron chi connectivity index (χ2n) is 4.44. The minimum atomic E-state index is -4.66. The molecule has 23 heavy (non-hydrogen) atoms. The van der Waals surface area contributed by atoms with Gasteiger partial charge in [-0.15, -0.1) is 0 Å². The highest BCUT2D eigenvalue weighted by atomic mass is 19.4. The molecule has 2 rings (SSSR count). The molecule has 0 atom stereocenters. The third-order valence-electron chi connectivity index (χ3n) is 2.85. The van der Waals surface area contributed by atoms with Crippen LogP contribution in [0.1, 0.15) is 12.5 Å². The van der Waals surface area contributed by atoms with Gasteiger partial charge in [-0.3, -0.25) is 10.1 Å². The van der Waals surface area contributed by atoms with Gasteiger partial charge in [-0.05, 0) is 43.3 Å². The first-order chi connectivity index (χ1) is 10.8. The van der Waals surface area contributed by atoms with Crippen LogP contribution in [0.15, 0.2) is 42.5 Å². The van der Waals surface area contributed by atoms with Crippen molar-refractivity contribution in [2.75, 3.05) is 6.61 Å². The zero-order chi connectivity index (χ0) is 17.0. The monoisotopic (exact) mass is 327 g/mol. The van der Waals surface area contributed by atoms with Gasteiger partial charge in [0.1, 0.15) is 11.5 Å². The summed E-state index contributed by atoms with van der Waals surface area (Å²) in [6.07, 6.45) is -4.66. The summed E-state index contributed by atoms with van der Waals surface area (Å²) in [6, 6.07) is 8.31. The first-order valence-corrected chi connectivity index (χ1v) is 6.57.